The second-order valence-corrected chi connectivity index (χ2v) is 6.33. The Bertz CT molecular complexity index is 725. The number of nitrogens with two attached hydrogens (primary N) is 1. The molecule has 1 aromatic carbocycles. The van der Waals surface area contributed by atoms with Gasteiger partial charge in [-0.25, -0.2) is 17.9 Å². The highest BCUT2D eigenvalue weighted by atomic mass is 32.2. The minimum atomic E-state index is -3.83. The third kappa shape index (κ3) is 3.16. The van der Waals surface area contributed by atoms with Crippen molar-refractivity contribution in [2.45, 2.75) is 4.21 Å². The van der Waals surface area contributed by atoms with Crippen LogP contribution in [-0.2, 0) is 10.0 Å². The number of nitrogens with one attached hydrogen (secondary N) is 1. The molecule has 0 unspecified atom stereocenters. The number of halogens is 1. The zero-order valence-corrected chi connectivity index (χ0v) is 11.1. The van der Waals surface area contributed by atoms with Crippen LogP contribution < -0.4 is 10.5 Å². The Labute approximate surface area is 112 Å². The molecule has 8 heteroatoms. The molecule has 0 saturated heterocycles. The third-order valence-electron chi connectivity index (χ3n) is 2.24. The van der Waals surface area contributed by atoms with Gasteiger partial charge in [0.15, 0.2) is 0 Å². The van der Waals surface area contributed by atoms with Crippen LogP contribution in [0.1, 0.15) is 10.4 Å². The first-order valence-electron chi connectivity index (χ1n) is 5.05. The van der Waals surface area contributed by atoms with Crippen molar-refractivity contribution in [3.63, 3.8) is 0 Å². The first-order chi connectivity index (χ1) is 8.88. The fraction of sp³-hybridized carbons (Fsp3) is 0. The molecule has 1 amide bonds. The van der Waals surface area contributed by atoms with Crippen LogP contribution in [0.4, 0.5) is 10.1 Å². The van der Waals surface area contributed by atoms with Gasteiger partial charge in [-0.05, 0) is 18.2 Å². The van der Waals surface area contributed by atoms with E-state index >= 15 is 0 Å². The predicted octanol–water partition coefficient (Wildman–Crippen LogP) is 1.79. The maximum Gasteiger partial charge on any atom is 0.256 e. The standard InChI is InChI=1S/C11H9FN2O3S2/c12-8-3-1-2-4-9(8)14-11(15)7-5-10(18-6-7)19(13,16)17/h1-6H,(H,14,15)(H2,13,16,17). The number of anilines is 1. The second kappa shape index (κ2) is 5.08. The number of benzene rings is 1. The topological polar surface area (TPSA) is 89.3 Å². The van der Waals surface area contributed by atoms with E-state index in [0.717, 1.165) is 17.4 Å². The van der Waals surface area contributed by atoms with Crippen LogP contribution in [0.2, 0.25) is 0 Å². The van der Waals surface area contributed by atoms with Crippen LogP contribution >= 0.6 is 11.3 Å². The zero-order chi connectivity index (χ0) is 14.0. The van der Waals surface area contributed by atoms with Gasteiger partial charge in [0.1, 0.15) is 10.0 Å². The number of carbonyl (C=O) groups is 1. The minimum absolute atomic E-state index is 0.0239. The number of sulfonamides is 1. The summed E-state index contributed by atoms with van der Waals surface area (Å²) in [5.74, 6) is -1.17. The second-order valence-electron chi connectivity index (χ2n) is 3.63. The van der Waals surface area contributed by atoms with Gasteiger partial charge in [-0.2, -0.15) is 0 Å². The molecule has 0 aliphatic carbocycles. The number of primary sulfonamides is 1. The number of hydrogen-bond acceptors (Lipinski definition) is 4. The van der Waals surface area contributed by atoms with Crippen molar-refractivity contribution < 1.29 is 17.6 Å². The van der Waals surface area contributed by atoms with Crippen molar-refractivity contribution in [1.29, 1.82) is 0 Å². The number of para-hydroxylation sites is 1. The van der Waals surface area contributed by atoms with E-state index in [0.29, 0.717) is 0 Å². The van der Waals surface area contributed by atoms with E-state index in [4.69, 9.17) is 5.14 Å². The molecule has 19 heavy (non-hydrogen) atoms. The van der Waals surface area contributed by atoms with Crippen molar-refractivity contribution in [2.75, 3.05) is 5.32 Å². The lowest BCUT2D eigenvalue weighted by Crippen LogP contribution is -2.13. The molecule has 0 radical (unpaired) electrons. The number of thiophene rings is 1. The van der Waals surface area contributed by atoms with Crippen molar-refractivity contribution in [3.8, 4) is 0 Å². The smallest absolute Gasteiger partial charge is 0.256 e. The molecule has 5 nitrogen and oxygen atoms in total. The number of amides is 1. The van der Waals surface area contributed by atoms with Crippen molar-refractivity contribution in [1.82, 2.24) is 0 Å². The molecule has 0 bridgehead atoms. The van der Waals surface area contributed by atoms with Crippen LogP contribution in [0.3, 0.4) is 0 Å². The van der Waals surface area contributed by atoms with E-state index in [-0.39, 0.29) is 15.5 Å². The number of hydrogen-bond donors (Lipinski definition) is 2. The molecule has 0 spiro atoms. The van der Waals surface area contributed by atoms with Crippen LogP contribution in [-0.4, -0.2) is 14.3 Å². The van der Waals surface area contributed by atoms with E-state index in [1.54, 1.807) is 6.07 Å². The van der Waals surface area contributed by atoms with E-state index in [1.165, 1.54) is 23.6 Å². The normalized spacial score (nSPS) is 11.3. The average Bonchev–Trinajstić information content (AvgIpc) is 2.81. The van der Waals surface area contributed by atoms with Crippen LogP contribution in [0.25, 0.3) is 0 Å². The Kier molecular flexibility index (Phi) is 3.65. The summed E-state index contributed by atoms with van der Waals surface area (Å²) in [6.07, 6.45) is 0. The van der Waals surface area contributed by atoms with Gasteiger partial charge in [-0.15, -0.1) is 11.3 Å². The van der Waals surface area contributed by atoms with Crippen LogP contribution in [0.5, 0.6) is 0 Å². The van der Waals surface area contributed by atoms with Gasteiger partial charge in [-0.1, -0.05) is 12.1 Å². The van der Waals surface area contributed by atoms with Crippen LogP contribution in [0.15, 0.2) is 39.9 Å². The Balaban J connectivity index is 2.22. The Hall–Kier alpha value is -1.77. The lowest BCUT2D eigenvalue weighted by atomic mass is 10.2. The van der Waals surface area contributed by atoms with E-state index in [2.05, 4.69) is 5.32 Å². The molecule has 0 fully saturated rings. The van der Waals surface area contributed by atoms with Gasteiger partial charge in [0, 0.05) is 5.38 Å². The number of carbonyl (C=O) groups excluding carboxylic acids is 1. The molecular weight excluding hydrogens is 291 g/mol. The summed E-state index contributed by atoms with van der Waals surface area (Å²) in [6, 6.07) is 6.83. The Morgan fingerprint density at radius 1 is 1.32 bits per heavy atom. The lowest BCUT2D eigenvalue weighted by molar-refractivity contribution is 0.102. The number of rotatable bonds is 3. The quantitative estimate of drug-likeness (QED) is 0.905. The van der Waals surface area contributed by atoms with E-state index in [1.807, 2.05) is 0 Å². The Morgan fingerprint density at radius 2 is 2.00 bits per heavy atom. The first kappa shape index (κ1) is 13.7. The SMILES string of the molecule is NS(=O)(=O)c1cc(C(=O)Nc2ccccc2F)cs1. The maximum absolute atomic E-state index is 13.3. The molecule has 1 heterocycles. The molecule has 100 valence electrons. The molecule has 2 aromatic rings. The molecule has 2 rings (SSSR count). The summed E-state index contributed by atoms with van der Waals surface area (Å²) >= 11 is 0.832. The molecule has 0 aliphatic rings. The monoisotopic (exact) mass is 300 g/mol. The highest BCUT2D eigenvalue weighted by Gasteiger charge is 2.16. The van der Waals surface area contributed by atoms with Crippen molar-refractivity contribution in [3.05, 3.63) is 47.1 Å². The van der Waals surface area contributed by atoms with E-state index < -0.39 is 21.7 Å². The van der Waals surface area contributed by atoms with Gasteiger partial charge in [0.25, 0.3) is 5.91 Å². The van der Waals surface area contributed by atoms with Gasteiger partial charge in [0.05, 0.1) is 11.3 Å². The summed E-state index contributed by atoms with van der Waals surface area (Å²) in [7, 11) is -3.83. The van der Waals surface area contributed by atoms with Crippen molar-refractivity contribution in [2.24, 2.45) is 5.14 Å². The van der Waals surface area contributed by atoms with Gasteiger partial charge in [-0.3, -0.25) is 4.79 Å². The molecular formula is C11H9FN2O3S2. The first-order valence-corrected chi connectivity index (χ1v) is 7.48. The summed E-state index contributed by atoms with van der Waals surface area (Å²) in [6.45, 7) is 0. The minimum Gasteiger partial charge on any atom is -0.319 e. The van der Waals surface area contributed by atoms with Gasteiger partial charge < -0.3 is 5.32 Å². The highest BCUT2D eigenvalue weighted by molar-refractivity contribution is 7.91. The van der Waals surface area contributed by atoms with E-state index in [9.17, 15) is 17.6 Å². The third-order valence-corrected chi connectivity index (χ3v) is 4.63. The van der Waals surface area contributed by atoms with Crippen LogP contribution in [0, 0.1) is 5.82 Å². The molecule has 0 atom stereocenters. The van der Waals surface area contributed by atoms with Crippen molar-refractivity contribution >= 4 is 33.0 Å². The molecule has 0 saturated carbocycles. The molecule has 3 N–H and O–H groups in total. The average molecular weight is 300 g/mol. The largest absolute Gasteiger partial charge is 0.319 e. The fourth-order valence-electron chi connectivity index (χ4n) is 1.34. The Morgan fingerprint density at radius 3 is 2.58 bits per heavy atom. The molecule has 0 aliphatic heterocycles. The van der Waals surface area contributed by atoms with Gasteiger partial charge in [0.2, 0.25) is 10.0 Å². The maximum atomic E-state index is 13.3. The zero-order valence-electron chi connectivity index (χ0n) is 9.46. The highest BCUT2D eigenvalue weighted by Crippen LogP contribution is 2.20. The summed E-state index contributed by atoms with van der Waals surface area (Å²) < 4.78 is 35.4. The summed E-state index contributed by atoms with van der Waals surface area (Å²) in [5, 5.41) is 8.63. The predicted molar refractivity (Wildman–Crippen MR) is 70.0 cm³/mol. The fourth-order valence-corrected chi connectivity index (χ4v) is 2.93. The lowest BCUT2D eigenvalue weighted by Gasteiger charge is -2.04. The molecule has 1 aromatic heterocycles. The van der Waals surface area contributed by atoms with Gasteiger partial charge >= 0.3 is 0 Å². The summed E-state index contributed by atoms with van der Waals surface area (Å²) in [4.78, 5) is 11.8. The summed E-state index contributed by atoms with van der Waals surface area (Å²) in [5.41, 5.74) is 0.133.